The fourth-order valence-electron chi connectivity index (χ4n) is 3.97. The molecule has 5 N–H and O–H groups in total. The van der Waals surface area contributed by atoms with Crippen LogP contribution in [0.25, 0.3) is 22.4 Å². The lowest BCUT2D eigenvalue weighted by atomic mass is 9.95. The molecule has 4 rings (SSSR count). The Bertz CT molecular complexity index is 1340. The van der Waals surface area contributed by atoms with Crippen molar-refractivity contribution in [2.75, 3.05) is 17.7 Å². The number of halogens is 1. The first kappa shape index (κ1) is 23.1. The number of aryl methyl sites for hydroxylation is 1. The van der Waals surface area contributed by atoms with Crippen LogP contribution in [0, 0.1) is 18.2 Å². The van der Waals surface area contributed by atoms with E-state index < -0.39 is 0 Å². The van der Waals surface area contributed by atoms with Gasteiger partial charge in [0.05, 0.1) is 30.2 Å². The zero-order valence-corrected chi connectivity index (χ0v) is 19.1. The van der Waals surface area contributed by atoms with Gasteiger partial charge < -0.3 is 21.6 Å². The fourth-order valence-corrected chi connectivity index (χ4v) is 3.97. The minimum atomic E-state index is -0.364. The molecule has 1 heterocycles. The number of aliphatic hydroxyl groups is 1. The number of aliphatic hydroxyl groups excluding tert-OH is 1. The van der Waals surface area contributed by atoms with Gasteiger partial charge in [0.15, 0.2) is 0 Å². The summed E-state index contributed by atoms with van der Waals surface area (Å²) in [6.45, 7) is 3.48. The standard InChI is InChI=1S/C28H27FN4O/c1-17-8-10-25(29)24(12-17)28-23(20-9-11-26(31)22(13-20)18(2)30)14-21(15-32-28)33-27(16-34)19-6-4-3-5-7-19/h3-15,27,30,33-34H,16,31H2,1-2H3. The summed E-state index contributed by atoms with van der Waals surface area (Å²) >= 11 is 0. The van der Waals surface area contributed by atoms with Gasteiger partial charge in [-0.15, -0.1) is 0 Å². The monoisotopic (exact) mass is 454 g/mol. The van der Waals surface area contributed by atoms with E-state index in [0.29, 0.717) is 39.5 Å². The summed E-state index contributed by atoms with van der Waals surface area (Å²) in [5.74, 6) is -0.364. The molecule has 172 valence electrons. The number of aromatic nitrogens is 1. The average molecular weight is 455 g/mol. The van der Waals surface area contributed by atoms with E-state index in [-0.39, 0.29) is 18.5 Å². The van der Waals surface area contributed by atoms with Crippen LogP contribution in [0.1, 0.15) is 29.7 Å². The molecule has 0 fully saturated rings. The van der Waals surface area contributed by atoms with Crippen molar-refractivity contribution in [1.82, 2.24) is 4.98 Å². The van der Waals surface area contributed by atoms with Crippen molar-refractivity contribution in [3.8, 4) is 22.4 Å². The van der Waals surface area contributed by atoms with Crippen LogP contribution in [0.5, 0.6) is 0 Å². The first-order valence-corrected chi connectivity index (χ1v) is 11.0. The van der Waals surface area contributed by atoms with Gasteiger partial charge in [-0.1, -0.05) is 48.0 Å². The van der Waals surface area contributed by atoms with Crippen LogP contribution in [0.4, 0.5) is 15.8 Å². The van der Waals surface area contributed by atoms with Crippen molar-refractivity contribution < 1.29 is 9.50 Å². The number of hydrogen-bond acceptors (Lipinski definition) is 5. The molecule has 1 atom stereocenters. The van der Waals surface area contributed by atoms with Gasteiger partial charge >= 0.3 is 0 Å². The minimum Gasteiger partial charge on any atom is -0.398 e. The topological polar surface area (TPSA) is 95.0 Å². The lowest BCUT2D eigenvalue weighted by Gasteiger charge is -2.20. The van der Waals surface area contributed by atoms with Crippen LogP contribution >= 0.6 is 0 Å². The van der Waals surface area contributed by atoms with E-state index in [9.17, 15) is 9.50 Å². The Kier molecular flexibility index (Phi) is 6.70. The molecule has 3 aromatic carbocycles. The number of benzene rings is 3. The third-order valence-electron chi connectivity index (χ3n) is 5.76. The van der Waals surface area contributed by atoms with Crippen LogP contribution in [0.15, 0.2) is 79.0 Å². The molecule has 0 aliphatic carbocycles. The highest BCUT2D eigenvalue weighted by atomic mass is 19.1. The largest absolute Gasteiger partial charge is 0.398 e. The smallest absolute Gasteiger partial charge is 0.132 e. The lowest BCUT2D eigenvalue weighted by molar-refractivity contribution is 0.276. The van der Waals surface area contributed by atoms with E-state index in [1.807, 2.05) is 55.5 Å². The summed E-state index contributed by atoms with van der Waals surface area (Å²) in [4.78, 5) is 4.64. The normalized spacial score (nSPS) is 11.8. The summed E-state index contributed by atoms with van der Waals surface area (Å²) < 4.78 is 14.9. The maximum atomic E-state index is 14.9. The summed E-state index contributed by atoms with van der Waals surface area (Å²) in [5, 5.41) is 21.4. The van der Waals surface area contributed by atoms with E-state index in [1.165, 1.54) is 6.07 Å². The van der Waals surface area contributed by atoms with Crippen molar-refractivity contribution >= 4 is 17.1 Å². The van der Waals surface area contributed by atoms with E-state index in [2.05, 4.69) is 10.3 Å². The lowest BCUT2D eigenvalue weighted by Crippen LogP contribution is -2.15. The second-order valence-electron chi connectivity index (χ2n) is 8.32. The number of nitrogens with one attached hydrogen (secondary N) is 2. The Morgan fingerprint density at radius 1 is 1.06 bits per heavy atom. The second-order valence-corrected chi connectivity index (χ2v) is 8.32. The molecule has 1 unspecified atom stereocenters. The Labute approximate surface area is 198 Å². The van der Waals surface area contributed by atoms with Gasteiger partial charge in [0.1, 0.15) is 5.82 Å². The average Bonchev–Trinajstić information content (AvgIpc) is 2.84. The summed E-state index contributed by atoms with van der Waals surface area (Å²) in [6, 6.07) is 21.6. The number of hydrogen-bond donors (Lipinski definition) is 4. The Morgan fingerprint density at radius 2 is 1.82 bits per heavy atom. The molecular formula is C28H27FN4O. The van der Waals surface area contributed by atoms with E-state index in [0.717, 1.165) is 16.7 Å². The number of pyridine rings is 1. The number of anilines is 2. The highest BCUT2D eigenvalue weighted by molar-refractivity contribution is 6.02. The first-order chi connectivity index (χ1) is 16.4. The Morgan fingerprint density at radius 3 is 2.53 bits per heavy atom. The molecule has 6 heteroatoms. The molecular weight excluding hydrogens is 427 g/mol. The maximum Gasteiger partial charge on any atom is 0.132 e. The molecule has 0 amide bonds. The van der Waals surface area contributed by atoms with Crippen LogP contribution in [0.3, 0.4) is 0 Å². The fraction of sp³-hybridized carbons (Fsp3) is 0.143. The van der Waals surface area contributed by atoms with Gasteiger partial charge in [0.2, 0.25) is 0 Å². The van der Waals surface area contributed by atoms with Gasteiger partial charge in [-0.3, -0.25) is 4.98 Å². The third-order valence-corrected chi connectivity index (χ3v) is 5.76. The Hall–Kier alpha value is -4.03. The van der Waals surface area contributed by atoms with Crippen LogP contribution < -0.4 is 11.1 Å². The van der Waals surface area contributed by atoms with Crippen molar-refractivity contribution in [2.24, 2.45) is 0 Å². The molecule has 0 saturated carbocycles. The zero-order valence-electron chi connectivity index (χ0n) is 19.1. The molecule has 0 aliphatic rings. The molecule has 4 aromatic rings. The zero-order chi connectivity index (χ0) is 24.2. The summed E-state index contributed by atoms with van der Waals surface area (Å²) in [6.07, 6.45) is 1.65. The van der Waals surface area contributed by atoms with Crippen LogP contribution in [-0.4, -0.2) is 22.4 Å². The van der Waals surface area contributed by atoms with Crippen molar-refractivity contribution in [1.29, 1.82) is 5.41 Å². The maximum absolute atomic E-state index is 14.9. The van der Waals surface area contributed by atoms with E-state index in [4.69, 9.17) is 11.1 Å². The Balaban J connectivity index is 1.86. The highest BCUT2D eigenvalue weighted by Gasteiger charge is 2.17. The molecule has 0 spiro atoms. The molecule has 0 aliphatic heterocycles. The van der Waals surface area contributed by atoms with E-state index in [1.54, 1.807) is 31.3 Å². The van der Waals surface area contributed by atoms with Crippen LogP contribution in [0.2, 0.25) is 0 Å². The molecule has 34 heavy (non-hydrogen) atoms. The molecule has 5 nitrogen and oxygen atoms in total. The summed E-state index contributed by atoms with van der Waals surface area (Å²) in [5.41, 5.74) is 12.4. The number of nitrogens with zero attached hydrogens (tertiary/aromatic N) is 1. The second kappa shape index (κ2) is 9.85. The van der Waals surface area contributed by atoms with Gasteiger partial charge in [0.25, 0.3) is 0 Å². The SMILES string of the molecule is CC(=N)c1cc(-c2cc(NC(CO)c3ccccc3)cnc2-c2cc(C)ccc2F)ccc1N. The third kappa shape index (κ3) is 4.82. The van der Waals surface area contributed by atoms with E-state index >= 15 is 0 Å². The number of rotatable bonds is 7. The first-order valence-electron chi connectivity index (χ1n) is 11.0. The highest BCUT2D eigenvalue weighted by Crippen LogP contribution is 2.36. The quantitative estimate of drug-likeness (QED) is 0.204. The number of nitrogen functional groups attached to an aromatic ring is 1. The molecule has 1 aromatic heterocycles. The van der Waals surface area contributed by atoms with Crippen molar-refractivity contribution in [3.05, 3.63) is 102 Å². The van der Waals surface area contributed by atoms with Crippen LogP contribution in [-0.2, 0) is 0 Å². The number of nitrogens with two attached hydrogens (primary N) is 1. The van der Waals surface area contributed by atoms with Gasteiger partial charge in [-0.2, -0.15) is 0 Å². The van der Waals surface area contributed by atoms with Gasteiger partial charge in [-0.25, -0.2) is 4.39 Å². The van der Waals surface area contributed by atoms with Crippen molar-refractivity contribution in [2.45, 2.75) is 19.9 Å². The van der Waals surface area contributed by atoms with Gasteiger partial charge in [-0.05, 0) is 55.3 Å². The predicted octanol–water partition coefficient (Wildman–Crippen LogP) is 5.98. The van der Waals surface area contributed by atoms with Crippen molar-refractivity contribution in [3.63, 3.8) is 0 Å². The summed E-state index contributed by atoms with van der Waals surface area (Å²) in [7, 11) is 0. The molecule has 0 radical (unpaired) electrons. The predicted molar refractivity (Wildman–Crippen MR) is 137 cm³/mol. The molecule has 0 bridgehead atoms. The minimum absolute atomic E-state index is 0.105. The van der Waals surface area contributed by atoms with Gasteiger partial charge in [0, 0.05) is 28.1 Å². The molecule has 0 saturated heterocycles.